The van der Waals surface area contributed by atoms with Gasteiger partial charge in [-0.15, -0.1) is 0 Å². The summed E-state index contributed by atoms with van der Waals surface area (Å²) in [4.78, 5) is 12.9. The van der Waals surface area contributed by atoms with Crippen LogP contribution < -0.4 is 5.43 Å². The van der Waals surface area contributed by atoms with Crippen LogP contribution in [0.25, 0.3) is 10.9 Å². The maximum Gasteiger partial charge on any atom is 0.212 e. The molecule has 4 nitrogen and oxygen atoms in total. The lowest BCUT2D eigenvalue weighted by atomic mass is 10.2. The lowest BCUT2D eigenvalue weighted by Gasteiger charge is -2.07. The van der Waals surface area contributed by atoms with Gasteiger partial charge in [-0.3, -0.25) is 4.79 Å². The number of rotatable bonds is 2. The molecule has 1 heterocycles. The fraction of sp³-hybridized carbons (Fsp3) is 0. The van der Waals surface area contributed by atoms with Crippen molar-refractivity contribution in [3.05, 3.63) is 70.0 Å². The minimum Gasteiger partial charge on any atom is -0.357 e. The molecular formula is C15H7F4NO3S. The Morgan fingerprint density at radius 1 is 0.833 bits per heavy atom. The molecule has 0 saturated carbocycles. The molecule has 1 aromatic heterocycles. The minimum absolute atomic E-state index is 0.399. The summed E-state index contributed by atoms with van der Waals surface area (Å²) in [7, 11) is -4.57. The largest absolute Gasteiger partial charge is 0.357 e. The van der Waals surface area contributed by atoms with Crippen molar-refractivity contribution < 1.29 is 26.0 Å². The van der Waals surface area contributed by atoms with Gasteiger partial charge in [0.25, 0.3) is 0 Å². The van der Waals surface area contributed by atoms with Gasteiger partial charge < -0.3 is 4.98 Å². The zero-order valence-electron chi connectivity index (χ0n) is 11.6. The summed E-state index contributed by atoms with van der Waals surface area (Å²) in [6, 6.07) is 3.20. The minimum atomic E-state index is -4.57. The molecule has 0 spiro atoms. The van der Waals surface area contributed by atoms with E-state index in [1.165, 1.54) is 0 Å². The summed E-state index contributed by atoms with van der Waals surface area (Å²) in [5.41, 5.74) is -1.78. The van der Waals surface area contributed by atoms with Gasteiger partial charge in [0.15, 0.2) is 11.6 Å². The number of hydrogen-bond acceptors (Lipinski definition) is 3. The lowest BCUT2D eigenvalue weighted by molar-refractivity contribution is 0.504. The molecule has 3 rings (SSSR count). The maximum absolute atomic E-state index is 13.8. The number of hydrogen-bond donors (Lipinski definition) is 1. The van der Waals surface area contributed by atoms with Gasteiger partial charge in [0.05, 0.1) is 15.8 Å². The van der Waals surface area contributed by atoms with Crippen molar-refractivity contribution in [1.82, 2.24) is 4.98 Å². The van der Waals surface area contributed by atoms with Crippen LogP contribution in [0.4, 0.5) is 17.6 Å². The third-order valence-electron chi connectivity index (χ3n) is 3.39. The van der Waals surface area contributed by atoms with Crippen LogP contribution in [0.3, 0.4) is 0 Å². The highest BCUT2D eigenvalue weighted by Gasteiger charge is 2.25. The van der Waals surface area contributed by atoms with E-state index in [1.54, 1.807) is 0 Å². The molecule has 124 valence electrons. The summed E-state index contributed by atoms with van der Waals surface area (Å²) in [6.07, 6.45) is 0.684. The third-order valence-corrected chi connectivity index (χ3v) is 5.15. The van der Waals surface area contributed by atoms with Crippen molar-refractivity contribution in [1.29, 1.82) is 0 Å². The van der Waals surface area contributed by atoms with Crippen molar-refractivity contribution in [3.63, 3.8) is 0 Å². The van der Waals surface area contributed by atoms with Crippen molar-refractivity contribution in [2.24, 2.45) is 0 Å². The summed E-state index contributed by atoms with van der Waals surface area (Å²) >= 11 is 0. The molecular weight excluding hydrogens is 350 g/mol. The topological polar surface area (TPSA) is 67.0 Å². The Kier molecular flexibility index (Phi) is 3.67. The molecule has 0 fully saturated rings. The molecule has 24 heavy (non-hydrogen) atoms. The molecule has 0 amide bonds. The first-order valence-electron chi connectivity index (χ1n) is 6.43. The summed E-state index contributed by atoms with van der Waals surface area (Å²) in [5, 5.41) is -0.779. The van der Waals surface area contributed by atoms with Crippen molar-refractivity contribution >= 4 is 20.7 Å². The van der Waals surface area contributed by atoms with E-state index in [1.807, 2.05) is 0 Å². The van der Waals surface area contributed by atoms with Gasteiger partial charge in [0.1, 0.15) is 16.5 Å². The molecule has 2 aromatic carbocycles. The molecule has 0 atom stereocenters. The SMILES string of the molecule is O=c1c(S(=O)(=O)c2ccc(F)c(F)c2)c[nH]c2c(F)ccc(F)c12. The van der Waals surface area contributed by atoms with Crippen molar-refractivity contribution in [3.8, 4) is 0 Å². The zero-order chi connectivity index (χ0) is 17.6. The summed E-state index contributed by atoms with van der Waals surface area (Å²) in [5.74, 6) is -4.75. The fourth-order valence-corrected chi connectivity index (χ4v) is 3.53. The molecule has 0 unspecified atom stereocenters. The molecule has 3 aromatic rings. The van der Waals surface area contributed by atoms with E-state index in [2.05, 4.69) is 4.98 Å². The van der Waals surface area contributed by atoms with E-state index in [4.69, 9.17) is 0 Å². The molecule has 1 N–H and O–H groups in total. The van der Waals surface area contributed by atoms with Crippen LogP contribution in [-0.4, -0.2) is 13.4 Å². The highest BCUT2D eigenvalue weighted by Crippen LogP contribution is 2.23. The van der Waals surface area contributed by atoms with E-state index in [0.29, 0.717) is 24.4 Å². The quantitative estimate of drug-likeness (QED) is 0.566. The number of aromatic nitrogens is 1. The number of nitrogens with one attached hydrogen (secondary N) is 1. The van der Waals surface area contributed by atoms with Gasteiger partial charge in [-0.1, -0.05) is 0 Å². The summed E-state index contributed by atoms with van der Waals surface area (Å²) < 4.78 is 78.5. The first-order valence-corrected chi connectivity index (χ1v) is 7.91. The predicted molar refractivity (Wildman–Crippen MR) is 76.3 cm³/mol. The van der Waals surface area contributed by atoms with Crippen molar-refractivity contribution in [2.45, 2.75) is 9.79 Å². The fourth-order valence-electron chi connectivity index (χ4n) is 2.21. The monoisotopic (exact) mass is 357 g/mol. The van der Waals surface area contributed by atoms with E-state index in [0.717, 1.165) is 12.1 Å². The molecule has 0 aliphatic heterocycles. The summed E-state index contributed by atoms with van der Waals surface area (Å²) in [6.45, 7) is 0. The second-order valence-electron chi connectivity index (χ2n) is 4.84. The van der Waals surface area contributed by atoms with E-state index in [-0.39, 0.29) is 0 Å². The number of sulfone groups is 1. The molecule has 0 radical (unpaired) electrons. The Morgan fingerprint density at radius 2 is 1.46 bits per heavy atom. The van der Waals surface area contributed by atoms with Crippen LogP contribution in [0.5, 0.6) is 0 Å². The molecule has 0 aliphatic rings. The number of pyridine rings is 1. The lowest BCUT2D eigenvalue weighted by Crippen LogP contribution is -2.17. The second-order valence-corrected chi connectivity index (χ2v) is 6.76. The normalized spacial score (nSPS) is 11.8. The van der Waals surface area contributed by atoms with Crippen LogP contribution in [0, 0.1) is 23.3 Å². The average Bonchev–Trinajstić information content (AvgIpc) is 2.53. The molecule has 0 saturated heterocycles. The Labute approximate surface area is 132 Å². The average molecular weight is 357 g/mol. The van der Waals surface area contributed by atoms with E-state index in [9.17, 15) is 30.8 Å². The predicted octanol–water partition coefficient (Wildman–Crippen LogP) is 2.92. The zero-order valence-corrected chi connectivity index (χ0v) is 12.4. The molecule has 9 heteroatoms. The smallest absolute Gasteiger partial charge is 0.212 e. The molecule has 0 aliphatic carbocycles. The Hall–Kier alpha value is -2.68. The van der Waals surface area contributed by atoms with Gasteiger partial charge in [-0.25, -0.2) is 26.0 Å². The van der Waals surface area contributed by atoms with Crippen molar-refractivity contribution in [2.75, 3.05) is 0 Å². The third kappa shape index (κ3) is 2.37. The van der Waals surface area contributed by atoms with E-state index >= 15 is 0 Å². The van der Waals surface area contributed by atoms with Gasteiger partial charge >= 0.3 is 0 Å². The first kappa shape index (κ1) is 16.2. The van der Waals surface area contributed by atoms with Gasteiger partial charge in [-0.2, -0.15) is 0 Å². The first-order chi connectivity index (χ1) is 11.2. The van der Waals surface area contributed by atoms with Crippen LogP contribution in [-0.2, 0) is 9.84 Å². The van der Waals surface area contributed by atoms with E-state index < -0.39 is 59.2 Å². The highest BCUT2D eigenvalue weighted by atomic mass is 32.2. The standard InChI is InChI=1S/C15H7F4NO3S/c16-8-2-1-7(5-11(8)19)24(22,23)12-6-20-14-10(18)4-3-9(17)13(14)15(12)21/h1-6H,(H,20,21). The van der Waals surface area contributed by atoms with Gasteiger partial charge in [0.2, 0.25) is 15.3 Å². The van der Waals surface area contributed by atoms with Crippen LogP contribution in [0.15, 0.2) is 51.1 Å². The number of benzene rings is 2. The number of aromatic amines is 1. The Balaban J connectivity index is 2.33. The van der Waals surface area contributed by atoms with Gasteiger partial charge in [-0.05, 0) is 30.3 Å². The van der Waals surface area contributed by atoms with Gasteiger partial charge in [0, 0.05) is 6.20 Å². The van der Waals surface area contributed by atoms with Crippen LogP contribution >= 0.6 is 0 Å². The maximum atomic E-state index is 13.8. The number of halogens is 4. The number of H-pyrrole nitrogens is 1. The van der Waals surface area contributed by atoms with Crippen LogP contribution in [0.1, 0.15) is 0 Å². The molecule has 0 bridgehead atoms. The Bertz CT molecular complexity index is 1140. The number of fused-ring (bicyclic) bond motifs is 1. The Morgan fingerprint density at radius 3 is 2.12 bits per heavy atom. The second kappa shape index (κ2) is 5.45. The van der Waals surface area contributed by atoms with Crippen LogP contribution in [0.2, 0.25) is 0 Å². The highest BCUT2D eigenvalue weighted by molar-refractivity contribution is 7.91.